The fourth-order valence-electron chi connectivity index (χ4n) is 4.90. The molecule has 0 aromatic carbocycles. The zero-order valence-electron chi connectivity index (χ0n) is 24.8. The van der Waals surface area contributed by atoms with Gasteiger partial charge in [-0.15, -0.1) is 0 Å². The lowest BCUT2D eigenvalue weighted by Gasteiger charge is -2.42. The average molecular weight is 617 g/mol. The van der Waals surface area contributed by atoms with Gasteiger partial charge in [0.05, 0.1) is 38.6 Å². The summed E-state index contributed by atoms with van der Waals surface area (Å²) in [5, 5.41) is 0. The minimum absolute atomic E-state index is 0.0197. The van der Waals surface area contributed by atoms with E-state index in [-0.39, 0.29) is 24.0 Å². The predicted molar refractivity (Wildman–Crippen MR) is 154 cm³/mol. The summed E-state index contributed by atoms with van der Waals surface area (Å²) in [6.45, 7) is 7.89. The monoisotopic (exact) mass is 616 g/mol. The molecule has 0 radical (unpaired) electrons. The lowest BCUT2D eigenvalue weighted by Crippen LogP contribution is -2.61. The number of nitrogens with zero attached hydrogens (tertiary/aromatic N) is 2. The van der Waals surface area contributed by atoms with E-state index in [1.807, 2.05) is 0 Å². The molecule has 2 rings (SSSR count). The molecule has 2 aliphatic heterocycles. The van der Waals surface area contributed by atoms with E-state index in [2.05, 4.69) is 22.9 Å². The molecule has 0 aromatic heterocycles. The zero-order valence-corrected chi connectivity index (χ0v) is 29.6. The van der Waals surface area contributed by atoms with Crippen molar-refractivity contribution in [1.82, 2.24) is 9.80 Å². The minimum Gasteiger partial charge on any atom is -0.397 e. The molecule has 0 aliphatic carbocycles. The van der Waals surface area contributed by atoms with E-state index in [0.29, 0.717) is 26.4 Å². The van der Waals surface area contributed by atoms with Crippen LogP contribution >= 0.6 is 0 Å². The summed E-state index contributed by atoms with van der Waals surface area (Å²) >= 11 is 0. The molecule has 2 heterocycles. The molecule has 0 amide bonds. The van der Waals surface area contributed by atoms with Gasteiger partial charge in [0.1, 0.15) is 30.9 Å². The fourth-order valence-corrected chi connectivity index (χ4v) is 12.8. The lowest BCUT2D eigenvalue weighted by molar-refractivity contribution is -0.0497. The Morgan fingerprint density at radius 1 is 0.684 bits per heavy atom. The van der Waals surface area contributed by atoms with Gasteiger partial charge in [0, 0.05) is 68.1 Å². The molecule has 38 heavy (non-hydrogen) atoms. The third-order valence-corrected chi connectivity index (χ3v) is 16.5. The van der Waals surface area contributed by atoms with Crippen LogP contribution in [0.3, 0.4) is 0 Å². The molecule has 0 saturated carbocycles. The van der Waals surface area contributed by atoms with Crippen LogP contribution in [0.25, 0.3) is 0 Å². The van der Waals surface area contributed by atoms with Gasteiger partial charge in [-0.05, 0) is 25.4 Å². The van der Waals surface area contributed by atoms with Crippen LogP contribution in [0.15, 0.2) is 0 Å². The van der Waals surface area contributed by atoms with Gasteiger partial charge < -0.3 is 55.9 Å². The van der Waals surface area contributed by atoms with Crippen molar-refractivity contribution in [2.75, 3.05) is 107 Å². The van der Waals surface area contributed by atoms with Crippen LogP contribution in [0.5, 0.6) is 0 Å². The summed E-state index contributed by atoms with van der Waals surface area (Å²) in [6, 6.07) is 0. The van der Waals surface area contributed by atoms with E-state index in [4.69, 9.17) is 46.1 Å². The van der Waals surface area contributed by atoms with Crippen LogP contribution in [0.2, 0.25) is 13.1 Å². The molecule has 4 unspecified atom stereocenters. The third-order valence-electron chi connectivity index (χ3n) is 7.03. The second kappa shape index (κ2) is 18.0. The SMILES string of the molecule is COC(OC)[SiH2]CN1CC(COCCOCC2CN(C[SiH2]C(OC)OC)C[Si](C)(OC)O2)O[Si](C)(OC)C1. The van der Waals surface area contributed by atoms with E-state index in [9.17, 15) is 0 Å². The Balaban J connectivity index is 1.72. The molecule has 0 N–H and O–H groups in total. The maximum Gasteiger partial charge on any atom is 0.349 e. The Morgan fingerprint density at radius 3 is 1.37 bits per heavy atom. The van der Waals surface area contributed by atoms with Gasteiger partial charge in [-0.3, -0.25) is 0 Å². The van der Waals surface area contributed by atoms with Crippen LogP contribution in [-0.4, -0.2) is 177 Å². The van der Waals surface area contributed by atoms with Crippen molar-refractivity contribution in [3.8, 4) is 0 Å². The summed E-state index contributed by atoms with van der Waals surface area (Å²) in [4.78, 5) is 4.85. The Morgan fingerprint density at radius 2 is 1.05 bits per heavy atom. The van der Waals surface area contributed by atoms with Crippen molar-refractivity contribution < 1.29 is 46.1 Å². The van der Waals surface area contributed by atoms with Crippen molar-refractivity contribution in [2.24, 2.45) is 0 Å². The van der Waals surface area contributed by atoms with Gasteiger partial charge in [0.25, 0.3) is 0 Å². The van der Waals surface area contributed by atoms with Gasteiger partial charge in [-0.1, -0.05) is 0 Å². The van der Waals surface area contributed by atoms with Gasteiger partial charge in [-0.2, -0.15) is 0 Å². The van der Waals surface area contributed by atoms with E-state index in [1.165, 1.54) is 0 Å². The Kier molecular flexibility index (Phi) is 16.4. The molecular formula is C22H52N2O10Si4. The predicted octanol–water partition coefficient (Wildman–Crippen LogP) is -1.66. The van der Waals surface area contributed by atoms with E-state index >= 15 is 0 Å². The number of ether oxygens (including phenoxy) is 6. The first-order valence-corrected chi connectivity index (χ1v) is 22.1. The minimum atomic E-state index is -2.26. The van der Waals surface area contributed by atoms with Crippen LogP contribution < -0.4 is 0 Å². The molecule has 0 spiro atoms. The van der Waals surface area contributed by atoms with E-state index in [0.717, 1.165) is 37.8 Å². The molecule has 16 heteroatoms. The van der Waals surface area contributed by atoms with Gasteiger partial charge in [-0.25, -0.2) is 0 Å². The highest BCUT2D eigenvalue weighted by Gasteiger charge is 2.42. The smallest absolute Gasteiger partial charge is 0.349 e. The van der Waals surface area contributed by atoms with Crippen molar-refractivity contribution in [1.29, 1.82) is 0 Å². The van der Waals surface area contributed by atoms with Crippen LogP contribution in [0.1, 0.15) is 0 Å². The topological polar surface area (TPSA) is 98.8 Å². The largest absolute Gasteiger partial charge is 0.397 e. The molecule has 0 bridgehead atoms. The van der Waals surface area contributed by atoms with Gasteiger partial charge in [0.15, 0.2) is 0 Å². The first-order chi connectivity index (χ1) is 18.2. The van der Waals surface area contributed by atoms with Crippen LogP contribution in [-0.2, 0) is 46.1 Å². The summed E-state index contributed by atoms with van der Waals surface area (Å²) in [7, 11) is 4.64. The highest BCUT2D eigenvalue weighted by atomic mass is 28.4. The Hall–Kier alpha value is 0.388. The highest BCUT2D eigenvalue weighted by molar-refractivity contribution is 6.66. The quantitative estimate of drug-likeness (QED) is 0.0944. The van der Waals surface area contributed by atoms with Crippen molar-refractivity contribution in [3.63, 3.8) is 0 Å². The molecule has 0 aromatic rings. The first kappa shape index (κ1) is 34.6. The number of hydrogen-bond acceptors (Lipinski definition) is 12. The summed E-state index contributed by atoms with van der Waals surface area (Å²) in [6.07, 6.45) is 3.63. The average Bonchev–Trinajstić information content (AvgIpc) is 2.91. The molecule has 4 atom stereocenters. The molecule has 12 nitrogen and oxygen atoms in total. The van der Waals surface area contributed by atoms with Crippen LogP contribution in [0.4, 0.5) is 0 Å². The molecule has 2 saturated heterocycles. The van der Waals surface area contributed by atoms with E-state index < -0.39 is 36.2 Å². The summed E-state index contributed by atoms with van der Waals surface area (Å²) in [5.74, 6) is -0.140. The van der Waals surface area contributed by atoms with E-state index in [1.54, 1.807) is 42.7 Å². The third kappa shape index (κ3) is 12.1. The van der Waals surface area contributed by atoms with Crippen LogP contribution in [0, 0.1) is 0 Å². The second-order valence-electron chi connectivity index (χ2n) is 10.2. The van der Waals surface area contributed by atoms with Crippen molar-refractivity contribution in [3.05, 3.63) is 0 Å². The maximum atomic E-state index is 6.33. The standard InChI is InChI=1S/C22H52N2O10Si4/c1-25-21(26-2)35-15-23-11-19(33-37(7,17-23)29-5)13-31-9-10-32-14-20-12-24(16-36-22(27-3)28-4)18-38(8,30-6)34-20/h19-22H,9-18,35-36H2,1-8H3. The van der Waals surface area contributed by atoms with Gasteiger partial charge in [0.2, 0.25) is 0 Å². The zero-order chi connectivity index (χ0) is 28.0. The number of methoxy groups -OCH3 is 4. The highest BCUT2D eigenvalue weighted by Crippen LogP contribution is 2.20. The van der Waals surface area contributed by atoms with Gasteiger partial charge >= 0.3 is 17.1 Å². The molecular weight excluding hydrogens is 565 g/mol. The number of hydrogen-bond donors (Lipinski definition) is 0. The maximum absolute atomic E-state index is 6.33. The summed E-state index contributed by atoms with van der Waals surface area (Å²) in [5.41, 5.74) is 0. The van der Waals surface area contributed by atoms with Crippen molar-refractivity contribution >= 4 is 36.2 Å². The molecule has 2 aliphatic rings. The first-order valence-electron chi connectivity index (χ1n) is 13.4. The Labute approximate surface area is 235 Å². The number of rotatable bonds is 19. The molecule has 2 fully saturated rings. The fraction of sp³-hybridized carbons (Fsp3) is 1.00. The Bertz CT molecular complexity index is 591. The van der Waals surface area contributed by atoms with Crippen molar-refractivity contribution in [2.45, 2.75) is 37.1 Å². The molecule has 226 valence electrons. The normalized spacial score (nSPS) is 30.2. The second-order valence-corrected chi connectivity index (χ2v) is 20.0. The lowest BCUT2D eigenvalue weighted by atomic mass is 10.3. The summed E-state index contributed by atoms with van der Waals surface area (Å²) < 4.78 is 57.7.